The first-order chi connectivity index (χ1) is 6.09. The molecule has 2 N–H and O–H groups in total. The predicted octanol–water partition coefficient (Wildman–Crippen LogP) is 3.45. The minimum atomic E-state index is -0.952. The van der Waals surface area contributed by atoms with E-state index in [0.29, 0.717) is 4.47 Å². The summed E-state index contributed by atoms with van der Waals surface area (Å²) in [4.78, 5) is 14.4. The van der Waals surface area contributed by atoms with Crippen LogP contribution in [0.1, 0.15) is 10.5 Å². The minimum absolute atomic E-state index is 0.203. The third-order valence-electron chi connectivity index (χ3n) is 1.61. The van der Waals surface area contributed by atoms with E-state index in [1.54, 1.807) is 0 Å². The van der Waals surface area contributed by atoms with Gasteiger partial charge in [-0.1, -0.05) is 0 Å². The van der Waals surface area contributed by atoms with Crippen molar-refractivity contribution >= 4 is 59.4 Å². The van der Waals surface area contributed by atoms with Crippen molar-refractivity contribution in [2.24, 2.45) is 0 Å². The van der Waals surface area contributed by atoms with Crippen molar-refractivity contribution in [2.45, 2.75) is 0 Å². The molecule has 2 heterocycles. The number of H-pyrrole nitrogens is 1. The Hall–Kier alpha value is -0.330. The molecular formula is C7H3Br2NO2S. The van der Waals surface area contributed by atoms with Crippen molar-refractivity contribution in [3.63, 3.8) is 0 Å². The molecule has 0 aliphatic carbocycles. The lowest BCUT2D eigenvalue weighted by Gasteiger charge is -1.88. The molecule has 0 radical (unpaired) electrons. The number of carboxylic acids is 1. The number of rotatable bonds is 1. The summed E-state index contributed by atoms with van der Waals surface area (Å²) in [5.41, 5.74) is 0.203. The molecule has 13 heavy (non-hydrogen) atoms. The molecule has 6 heteroatoms. The molecule has 2 aromatic rings. The average molecular weight is 325 g/mol. The first-order valence-electron chi connectivity index (χ1n) is 3.29. The number of hydrogen-bond donors (Lipinski definition) is 2. The van der Waals surface area contributed by atoms with Crippen LogP contribution in [0, 0.1) is 0 Å². The highest BCUT2D eigenvalue weighted by atomic mass is 79.9. The highest BCUT2D eigenvalue weighted by Gasteiger charge is 2.16. The fourth-order valence-electron chi connectivity index (χ4n) is 1.07. The number of halogens is 2. The molecule has 0 saturated heterocycles. The molecule has 0 atom stereocenters. The van der Waals surface area contributed by atoms with Crippen molar-refractivity contribution in [1.29, 1.82) is 0 Å². The number of carboxylic acid groups (broad SMARTS) is 1. The Balaban J connectivity index is 2.76. The first-order valence-corrected chi connectivity index (χ1v) is 5.69. The summed E-state index contributed by atoms with van der Waals surface area (Å²) in [5, 5.41) is 9.68. The van der Waals surface area contributed by atoms with E-state index in [0.717, 1.165) is 14.0 Å². The van der Waals surface area contributed by atoms with E-state index >= 15 is 0 Å². The summed E-state index contributed by atoms with van der Waals surface area (Å²) in [7, 11) is 0. The van der Waals surface area contributed by atoms with Gasteiger partial charge in [-0.2, -0.15) is 0 Å². The van der Waals surface area contributed by atoms with Gasteiger partial charge in [0, 0.05) is 5.39 Å². The van der Waals surface area contributed by atoms with Gasteiger partial charge in [-0.15, -0.1) is 11.3 Å². The maximum atomic E-state index is 10.7. The second-order valence-corrected chi connectivity index (χ2v) is 5.64. The van der Waals surface area contributed by atoms with Crippen molar-refractivity contribution in [2.75, 3.05) is 0 Å². The van der Waals surface area contributed by atoms with E-state index in [2.05, 4.69) is 36.8 Å². The topological polar surface area (TPSA) is 53.1 Å². The molecule has 0 fully saturated rings. The van der Waals surface area contributed by atoms with Crippen LogP contribution >= 0.6 is 43.2 Å². The van der Waals surface area contributed by atoms with Crippen molar-refractivity contribution in [3.8, 4) is 0 Å². The van der Waals surface area contributed by atoms with Gasteiger partial charge in [-0.3, -0.25) is 0 Å². The molecule has 68 valence electrons. The monoisotopic (exact) mass is 323 g/mol. The maximum absolute atomic E-state index is 10.7. The lowest BCUT2D eigenvalue weighted by Crippen LogP contribution is -1.96. The van der Waals surface area contributed by atoms with Gasteiger partial charge in [0.2, 0.25) is 0 Å². The molecule has 0 saturated carbocycles. The molecule has 0 aliphatic rings. The summed E-state index contributed by atoms with van der Waals surface area (Å²) in [6, 6.07) is 1.88. The third-order valence-corrected chi connectivity index (χ3v) is 3.99. The Labute approximate surface area is 94.0 Å². The molecule has 0 bridgehead atoms. The Morgan fingerprint density at radius 3 is 2.77 bits per heavy atom. The Morgan fingerprint density at radius 2 is 2.23 bits per heavy atom. The fraction of sp³-hybridized carbons (Fsp3) is 0. The zero-order valence-corrected chi connectivity index (χ0v) is 10.1. The zero-order chi connectivity index (χ0) is 9.59. The predicted molar refractivity (Wildman–Crippen MR) is 58.5 cm³/mol. The number of carbonyl (C=O) groups is 1. The van der Waals surface area contributed by atoms with Crippen LogP contribution in [0.25, 0.3) is 10.2 Å². The molecule has 2 aromatic heterocycles. The smallest absolute Gasteiger partial charge is 0.353 e. The normalized spacial score (nSPS) is 10.9. The molecule has 0 aromatic carbocycles. The summed E-state index contributed by atoms with van der Waals surface area (Å²) in [6.45, 7) is 0. The molecule has 0 aliphatic heterocycles. The van der Waals surface area contributed by atoms with Gasteiger partial charge in [-0.25, -0.2) is 4.79 Å². The Kier molecular flexibility index (Phi) is 2.21. The molecule has 0 spiro atoms. The van der Waals surface area contributed by atoms with Crippen LogP contribution in [0.2, 0.25) is 0 Å². The average Bonchev–Trinajstić information content (AvgIpc) is 2.51. The van der Waals surface area contributed by atoms with Gasteiger partial charge >= 0.3 is 5.97 Å². The first kappa shape index (κ1) is 9.23. The zero-order valence-electron chi connectivity index (χ0n) is 6.10. The highest BCUT2D eigenvalue weighted by Crippen LogP contribution is 2.36. The standard InChI is InChI=1S/C7H3Br2NO2S/c8-3-1-2-4(9)5(7(11)12)10-6(2)13-3/h1,10H,(H,11,12). The number of aromatic nitrogens is 1. The van der Waals surface area contributed by atoms with E-state index in [9.17, 15) is 4.79 Å². The Bertz CT molecular complexity index is 488. The van der Waals surface area contributed by atoms with Crippen LogP contribution in [-0.4, -0.2) is 16.1 Å². The van der Waals surface area contributed by atoms with Crippen LogP contribution in [0.3, 0.4) is 0 Å². The van der Waals surface area contributed by atoms with Crippen LogP contribution < -0.4 is 0 Å². The van der Waals surface area contributed by atoms with Crippen LogP contribution in [-0.2, 0) is 0 Å². The number of fused-ring (bicyclic) bond motifs is 1. The van der Waals surface area contributed by atoms with E-state index < -0.39 is 5.97 Å². The second kappa shape index (κ2) is 3.11. The van der Waals surface area contributed by atoms with E-state index in [-0.39, 0.29) is 5.69 Å². The van der Waals surface area contributed by atoms with Crippen molar-refractivity contribution < 1.29 is 9.90 Å². The van der Waals surface area contributed by atoms with Gasteiger partial charge in [0.25, 0.3) is 0 Å². The molecule has 0 unspecified atom stereocenters. The van der Waals surface area contributed by atoms with E-state index in [4.69, 9.17) is 5.11 Å². The second-order valence-electron chi connectivity index (χ2n) is 2.41. The SMILES string of the molecule is O=C(O)c1[nH]c2sc(Br)cc2c1Br. The van der Waals surface area contributed by atoms with Gasteiger partial charge in [0.15, 0.2) is 0 Å². The lowest BCUT2D eigenvalue weighted by atomic mass is 10.4. The van der Waals surface area contributed by atoms with Crippen molar-refractivity contribution in [1.82, 2.24) is 4.98 Å². The summed E-state index contributed by atoms with van der Waals surface area (Å²) in [5.74, 6) is -0.952. The number of hydrogen-bond acceptors (Lipinski definition) is 2. The van der Waals surface area contributed by atoms with Gasteiger partial charge in [-0.05, 0) is 37.9 Å². The van der Waals surface area contributed by atoms with E-state index in [1.807, 2.05) is 6.07 Å². The number of aromatic amines is 1. The fourth-order valence-corrected chi connectivity index (χ4v) is 3.29. The summed E-state index contributed by atoms with van der Waals surface area (Å²) < 4.78 is 1.59. The van der Waals surface area contributed by atoms with Gasteiger partial charge < -0.3 is 10.1 Å². The molecule has 2 rings (SSSR count). The van der Waals surface area contributed by atoms with Crippen LogP contribution in [0.15, 0.2) is 14.3 Å². The molecule has 0 amide bonds. The number of thiophene rings is 1. The minimum Gasteiger partial charge on any atom is -0.477 e. The molecular weight excluding hydrogens is 322 g/mol. The van der Waals surface area contributed by atoms with E-state index in [1.165, 1.54) is 11.3 Å². The number of nitrogens with one attached hydrogen (secondary N) is 1. The lowest BCUT2D eigenvalue weighted by molar-refractivity contribution is 0.0690. The van der Waals surface area contributed by atoms with Crippen LogP contribution in [0.4, 0.5) is 0 Å². The number of aromatic carboxylic acids is 1. The van der Waals surface area contributed by atoms with Crippen LogP contribution in [0.5, 0.6) is 0 Å². The molecule has 3 nitrogen and oxygen atoms in total. The van der Waals surface area contributed by atoms with Gasteiger partial charge in [0.1, 0.15) is 10.5 Å². The van der Waals surface area contributed by atoms with Gasteiger partial charge in [0.05, 0.1) is 8.26 Å². The highest BCUT2D eigenvalue weighted by molar-refractivity contribution is 9.11. The Morgan fingerprint density at radius 1 is 1.54 bits per heavy atom. The summed E-state index contributed by atoms with van der Waals surface area (Å²) >= 11 is 8.04. The largest absolute Gasteiger partial charge is 0.477 e. The third kappa shape index (κ3) is 1.43. The summed E-state index contributed by atoms with van der Waals surface area (Å²) in [6.07, 6.45) is 0. The quantitative estimate of drug-likeness (QED) is 0.844. The van der Waals surface area contributed by atoms with Crippen molar-refractivity contribution in [3.05, 3.63) is 20.0 Å². The maximum Gasteiger partial charge on any atom is 0.353 e.